The monoisotopic (exact) mass is 317 g/mol. The number of unbranched alkanes of at least 4 members (excludes halogenated alkanes) is 1. The van der Waals surface area contributed by atoms with Crippen LogP contribution in [0.25, 0.3) is 0 Å². The molecule has 118 valence electrons. The van der Waals surface area contributed by atoms with Gasteiger partial charge in [-0.2, -0.15) is 0 Å². The first-order chi connectivity index (χ1) is 10.6. The zero-order chi connectivity index (χ0) is 15.9. The number of thiazole rings is 1. The molecule has 1 aromatic heterocycles. The zero-order valence-corrected chi connectivity index (χ0v) is 14.0. The van der Waals surface area contributed by atoms with Crippen LogP contribution in [0.15, 0.2) is 29.6 Å². The van der Waals surface area contributed by atoms with Gasteiger partial charge in [0.15, 0.2) is 0 Å². The first-order valence-electron chi connectivity index (χ1n) is 7.75. The number of carbonyl (C=O) groups excluding carboxylic acids is 1. The summed E-state index contributed by atoms with van der Waals surface area (Å²) in [7, 11) is 0. The van der Waals surface area contributed by atoms with Gasteiger partial charge in [-0.25, -0.2) is 4.98 Å². The second kappa shape index (κ2) is 8.06. The Hall–Kier alpha value is -1.72. The number of hydrogen-bond acceptors (Lipinski definition) is 4. The summed E-state index contributed by atoms with van der Waals surface area (Å²) < 4.78 is 0. The molecule has 4 nitrogen and oxygen atoms in total. The summed E-state index contributed by atoms with van der Waals surface area (Å²) >= 11 is 1.46. The first kappa shape index (κ1) is 16.6. The number of nitrogens with two attached hydrogens (primary N) is 1. The predicted molar refractivity (Wildman–Crippen MR) is 92.3 cm³/mol. The standard InChI is InChI=1S/C17H23N3OS/c1-3-5-9-14(18)17-20-15(11-22-17)16(21)19-13-8-6-7-12(4-2)10-13/h6-8,10-11,14H,3-5,9,18H2,1-2H3,(H,19,21). The maximum atomic E-state index is 12.3. The number of hydrogen-bond donors (Lipinski definition) is 2. The molecule has 1 unspecified atom stereocenters. The third-order valence-corrected chi connectivity index (χ3v) is 4.51. The molecule has 5 heteroatoms. The van der Waals surface area contributed by atoms with E-state index in [-0.39, 0.29) is 11.9 Å². The molecular formula is C17H23N3OS. The molecule has 3 N–H and O–H groups in total. The van der Waals surface area contributed by atoms with Gasteiger partial charge < -0.3 is 11.1 Å². The van der Waals surface area contributed by atoms with Crippen molar-refractivity contribution in [3.63, 3.8) is 0 Å². The average molecular weight is 317 g/mol. The van der Waals surface area contributed by atoms with E-state index in [1.165, 1.54) is 16.9 Å². The van der Waals surface area contributed by atoms with E-state index in [1.807, 2.05) is 24.3 Å². The third kappa shape index (κ3) is 4.39. The zero-order valence-electron chi connectivity index (χ0n) is 13.1. The summed E-state index contributed by atoms with van der Waals surface area (Å²) in [5.41, 5.74) is 8.53. The fourth-order valence-corrected chi connectivity index (χ4v) is 3.01. The van der Waals surface area contributed by atoms with Crippen LogP contribution in [-0.4, -0.2) is 10.9 Å². The number of amides is 1. The summed E-state index contributed by atoms with van der Waals surface area (Å²) in [6, 6.07) is 7.79. The van der Waals surface area contributed by atoms with E-state index in [0.29, 0.717) is 5.69 Å². The minimum absolute atomic E-state index is 0.0741. The van der Waals surface area contributed by atoms with E-state index in [1.54, 1.807) is 5.38 Å². The topological polar surface area (TPSA) is 68.0 Å². The number of aromatic nitrogens is 1. The molecule has 0 aliphatic rings. The van der Waals surface area contributed by atoms with Gasteiger partial charge in [0.1, 0.15) is 10.7 Å². The number of benzene rings is 1. The molecule has 0 aliphatic heterocycles. The predicted octanol–water partition coefficient (Wildman–Crippen LogP) is 4.15. The summed E-state index contributed by atoms with van der Waals surface area (Å²) in [6.07, 6.45) is 4.03. The van der Waals surface area contributed by atoms with Crippen molar-refractivity contribution in [1.29, 1.82) is 0 Å². The van der Waals surface area contributed by atoms with Crippen molar-refractivity contribution < 1.29 is 4.79 Å². The van der Waals surface area contributed by atoms with Crippen LogP contribution >= 0.6 is 11.3 Å². The molecule has 0 spiro atoms. The molecule has 0 saturated carbocycles. The molecule has 1 aromatic carbocycles. The van der Waals surface area contributed by atoms with Crippen LogP contribution in [0.1, 0.15) is 60.2 Å². The summed E-state index contributed by atoms with van der Waals surface area (Å²) in [4.78, 5) is 16.6. The lowest BCUT2D eigenvalue weighted by Gasteiger charge is -2.07. The van der Waals surface area contributed by atoms with E-state index < -0.39 is 0 Å². The Morgan fingerprint density at radius 1 is 1.41 bits per heavy atom. The number of anilines is 1. The van der Waals surface area contributed by atoms with Crippen molar-refractivity contribution >= 4 is 22.9 Å². The molecular weight excluding hydrogens is 294 g/mol. The Balaban J connectivity index is 2.02. The largest absolute Gasteiger partial charge is 0.322 e. The number of nitrogens with zero attached hydrogens (tertiary/aromatic N) is 1. The van der Waals surface area contributed by atoms with Crippen LogP contribution in [0.5, 0.6) is 0 Å². The highest BCUT2D eigenvalue weighted by molar-refractivity contribution is 7.09. The van der Waals surface area contributed by atoms with E-state index in [9.17, 15) is 4.79 Å². The smallest absolute Gasteiger partial charge is 0.275 e. The van der Waals surface area contributed by atoms with Gasteiger partial charge in [-0.15, -0.1) is 11.3 Å². The Labute approximate surface area is 135 Å². The Kier molecular flexibility index (Phi) is 6.10. The van der Waals surface area contributed by atoms with Crippen molar-refractivity contribution in [2.24, 2.45) is 5.73 Å². The number of carbonyl (C=O) groups is 1. The molecule has 2 aromatic rings. The van der Waals surface area contributed by atoms with E-state index in [0.717, 1.165) is 36.4 Å². The lowest BCUT2D eigenvalue weighted by molar-refractivity contribution is 0.102. The Bertz CT molecular complexity index is 624. The highest BCUT2D eigenvalue weighted by Crippen LogP contribution is 2.21. The van der Waals surface area contributed by atoms with Crippen molar-refractivity contribution in [3.8, 4) is 0 Å². The molecule has 2 rings (SSSR count). The molecule has 0 aliphatic carbocycles. The van der Waals surface area contributed by atoms with Gasteiger partial charge in [-0.1, -0.05) is 38.8 Å². The second-order valence-electron chi connectivity index (χ2n) is 5.33. The van der Waals surface area contributed by atoms with Crippen LogP contribution in [0.4, 0.5) is 5.69 Å². The van der Waals surface area contributed by atoms with Crippen molar-refractivity contribution in [2.45, 2.75) is 45.6 Å². The molecule has 1 amide bonds. The van der Waals surface area contributed by atoms with Crippen molar-refractivity contribution in [2.75, 3.05) is 5.32 Å². The van der Waals surface area contributed by atoms with Crippen LogP contribution in [0.3, 0.4) is 0 Å². The van der Waals surface area contributed by atoms with Crippen LogP contribution < -0.4 is 11.1 Å². The van der Waals surface area contributed by atoms with E-state index >= 15 is 0 Å². The van der Waals surface area contributed by atoms with Crippen molar-refractivity contribution in [1.82, 2.24) is 4.98 Å². The minimum Gasteiger partial charge on any atom is -0.322 e. The molecule has 0 fully saturated rings. The quantitative estimate of drug-likeness (QED) is 0.806. The highest BCUT2D eigenvalue weighted by Gasteiger charge is 2.15. The van der Waals surface area contributed by atoms with Gasteiger partial charge in [0.2, 0.25) is 0 Å². The van der Waals surface area contributed by atoms with E-state index in [4.69, 9.17) is 5.73 Å². The van der Waals surface area contributed by atoms with Gasteiger partial charge in [0.25, 0.3) is 5.91 Å². The molecule has 0 bridgehead atoms. The number of nitrogens with one attached hydrogen (secondary N) is 1. The second-order valence-corrected chi connectivity index (χ2v) is 6.22. The maximum absolute atomic E-state index is 12.3. The fourth-order valence-electron chi connectivity index (χ4n) is 2.17. The Morgan fingerprint density at radius 3 is 2.95 bits per heavy atom. The number of aryl methyl sites for hydroxylation is 1. The highest BCUT2D eigenvalue weighted by atomic mass is 32.1. The normalized spacial score (nSPS) is 12.1. The van der Waals surface area contributed by atoms with E-state index in [2.05, 4.69) is 24.1 Å². The first-order valence-corrected chi connectivity index (χ1v) is 8.63. The number of rotatable bonds is 7. The minimum atomic E-state index is -0.182. The SMILES string of the molecule is CCCCC(N)c1nc(C(=O)Nc2cccc(CC)c2)cs1. The summed E-state index contributed by atoms with van der Waals surface area (Å²) in [5, 5.41) is 5.50. The maximum Gasteiger partial charge on any atom is 0.275 e. The molecule has 0 radical (unpaired) electrons. The summed E-state index contributed by atoms with van der Waals surface area (Å²) in [5.74, 6) is -0.182. The molecule has 1 atom stereocenters. The molecule has 1 heterocycles. The Morgan fingerprint density at radius 2 is 2.23 bits per heavy atom. The van der Waals surface area contributed by atoms with Gasteiger partial charge in [0.05, 0.1) is 6.04 Å². The van der Waals surface area contributed by atoms with Gasteiger partial charge in [-0.3, -0.25) is 4.79 Å². The van der Waals surface area contributed by atoms with Crippen LogP contribution in [0.2, 0.25) is 0 Å². The van der Waals surface area contributed by atoms with Gasteiger partial charge >= 0.3 is 0 Å². The summed E-state index contributed by atoms with van der Waals surface area (Å²) in [6.45, 7) is 4.23. The molecule has 22 heavy (non-hydrogen) atoms. The average Bonchev–Trinajstić information content (AvgIpc) is 3.03. The third-order valence-electron chi connectivity index (χ3n) is 3.53. The van der Waals surface area contributed by atoms with Gasteiger partial charge in [0, 0.05) is 11.1 Å². The van der Waals surface area contributed by atoms with Gasteiger partial charge in [-0.05, 0) is 30.5 Å². The lowest BCUT2D eigenvalue weighted by atomic mass is 10.1. The van der Waals surface area contributed by atoms with Crippen LogP contribution in [0, 0.1) is 0 Å². The fraction of sp³-hybridized carbons (Fsp3) is 0.412. The van der Waals surface area contributed by atoms with Crippen LogP contribution in [-0.2, 0) is 6.42 Å². The molecule has 0 saturated heterocycles. The lowest BCUT2D eigenvalue weighted by Crippen LogP contribution is -2.14. The van der Waals surface area contributed by atoms with Crippen molar-refractivity contribution in [3.05, 3.63) is 45.9 Å².